The molecule has 3 heterocycles. The molecule has 7 rings (SSSR count). The van der Waals surface area contributed by atoms with Gasteiger partial charge in [0.25, 0.3) is 11.8 Å². The molecule has 230 valence electrons. The van der Waals surface area contributed by atoms with Gasteiger partial charge in [0.2, 0.25) is 11.8 Å². The third kappa shape index (κ3) is 4.07. The summed E-state index contributed by atoms with van der Waals surface area (Å²) in [6, 6.07) is 11.6. The number of rotatable bonds is 4. The largest absolute Gasteiger partial charge is 0.508 e. The molecule has 2 aliphatic carbocycles. The number of phenolic OH excluding ortho intramolecular Hbond substituents is 1. The number of aromatic hydroxyl groups is 1. The van der Waals surface area contributed by atoms with Gasteiger partial charge in [-0.2, -0.15) is 0 Å². The molecule has 0 radical (unpaired) electrons. The van der Waals surface area contributed by atoms with Crippen molar-refractivity contribution in [3.8, 4) is 5.75 Å². The quantitative estimate of drug-likeness (QED) is 0.209. The molecule has 4 amide bonds. The van der Waals surface area contributed by atoms with E-state index in [9.17, 15) is 24.3 Å². The zero-order chi connectivity index (χ0) is 31.1. The van der Waals surface area contributed by atoms with Gasteiger partial charge in [-0.1, -0.05) is 45.2 Å². The van der Waals surface area contributed by atoms with E-state index in [1.807, 2.05) is 18.2 Å². The molecule has 3 saturated heterocycles. The lowest BCUT2D eigenvalue weighted by atomic mass is 9.56. The second-order valence-electron chi connectivity index (χ2n) is 11.8. The summed E-state index contributed by atoms with van der Waals surface area (Å²) in [5.41, 5.74) is 2.34. The molecule has 6 atom stereocenters. The van der Waals surface area contributed by atoms with Crippen molar-refractivity contribution in [2.45, 2.75) is 28.5 Å². The van der Waals surface area contributed by atoms with E-state index in [0.29, 0.717) is 30.0 Å². The van der Waals surface area contributed by atoms with E-state index in [1.165, 1.54) is 17.0 Å². The number of anilines is 2. The van der Waals surface area contributed by atoms with Crippen molar-refractivity contribution in [2.75, 3.05) is 41.6 Å². The van der Waals surface area contributed by atoms with Crippen LogP contribution in [-0.2, 0) is 23.9 Å². The van der Waals surface area contributed by atoms with Crippen LogP contribution in [-0.4, -0.2) is 75.1 Å². The van der Waals surface area contributed by atoms with Crippen molar-refractivity contribution < 1.29 is 29.0 Å². The molecule has 44 heavy (non-hydrogen) atoms. The smallest absolute Gasteiger partial charge is 0.254 e. The van der Waals surface area contributed by atoms with Crippen LogP contribution in [0.25, 0.3) is 0 Å². The highest BCUT2D eigenvalue weighted by Crippen LogP contribution is 2.66. The molecule has 6 unspecified atom stereocenters. The number of morpholine rings is 1. The Bertz CT molecular complexity index is 1630. The Labute approximate surface area is 276 Å². The minimum Gasteiger partial charge on any atom is -0.508 e. The number of halogens is 4. The van der Waals surface area contributed by atoms with Gasteiger partial charge in [-0.25, -0.2) is 0 Å². The van der Waals surface area contributed by atoms with Crippen molar-refractivity contribution in [3.05, 3.63) is 64.7 Å². The van der Waals surface area contributed by atoms with Gasteiger partial charge in [-0.05, 0) is 60.7 Å². The van der Waals surface area contributed by atoms with Gasteiger partial charge in [0, 0.05) is 29.7 Å². The standard InChI is InChI=1S/C31H27BrCl3N3O6/c32-15-37-28(42)30(34)14-22-19(25(31(30,35)29(37)43)20-6-5-18(39)13-23(20)33)7-8-21-24(22)27(41)38(26(21)40)17-3-1-16(2-4-17)36-9-11-44-12-10-36/h1-7,13,21-22,24-25,39H,8-12,14-15H2. The number of nitrogens with zero attached hydrogens (tertiary/aromatic N) is 3. The number of carbonyl (C=O) groups excluding carboxylic acids is 4. The maximum atomic E-state index is 14.2. The number of hydrogen-bond acceptors (Lipinski definition) is 7. The van der Waals surface area contributed by atoms with E-state index in [2.05, 4.69) is 20.8 Å². The second-order valence-corrected chi connectivity index (χ2v) is 14.0. The molecular formula is C31H27BrCl3N3O6. The van der Waals surface area contributed by atoms with Crippen LogP contribution in [0, 0.1) is 17.8 Å². The molecule has 2 aromatic rings. The van der Waals surface area contributed by atoms with Crippen LogP contribution in [0.5, 0.6) is 5.75 Å². The second kappa shape index (κ2) is 10.7. The van der Waals surface area contributed by atoms with Crippen molar-refractivity contribution in [1.82, 2.24) is 4.90 Å². The predicted octanol–water partition coefficient (Wildman–Crippen LogP) is 4.80. The third-order valence-corrected chi connectivity index (χ3v) is 12.0. The lowest BCUT2D eigenvalue weighted by molar-refractivity contribution is -0.138. The van der Waals surface area contributed by atoms with Crippen LogP contribution in [0.2, 0.25) is 5.02 Å². The molecule has 4 fully saturated rings. The van der Waals surface area contributed by atoms with Crippen molar-refractivity contribution in [1.29, 1.82) is 0 Å². The average Bonchev–Trinajstić information content (AvgIpc) is 3.36. The van der Waals surface area contributed by atoms with Crippen LogP contribution >= 0.6 is 50.7 Å². The normalized spacial score (nSPS) is 33.4. The summed E-state index contributed by atoms with van der Waals surface area (Å²) in [5, 5.41) is 10.2. The number of amides is 4. The average molecular weight is 724 g/mol. The van der Waals surface area contributed by atoms with E-state index >= 15 is 0 Å². The Kier molecular flexibility index (Phi) is 7.33. The minimum absolute atomic E-state index is 0.0905. The van der Waals surface area contributed by atoms with Gasteiger partial charge in [-0.3, -0.25) is 29.0 Å². The molecule has 3 aliphatic heterocycles. The van der Waals surface area contributed by atoms with Gasteiger partial charge < -0.3 is 14.7 Å². The molecular weight excluding hydrogens is 697 g/mol. The maximum absolute atomic E-state index is 14.2. The van der Waals surface area contributed by atoms with Crippen LogP contribution in [0.3, 0.4) is 0 Å². The van der Waals surface area contributed by atoms with Crippen molar-refractivity contribution >= 4 is 85.7 Å². The van der Waals surface area contributed by atoms with Gasteiger partial charge >= 0.3 is 0 Å². The summed E-state index contributed by atoms with van der Waals surface area (Å²) in [5.74, 6) is -5.32. The Morgan fingerprint density at radius 3 is 2.27 bits per heavy atom. The fraction of sp³-hybridized carbons (Fsp3) is 0.419. The van der Waals surface area contributed by atoms with Crippen LogP contribution in [0.1, 0.15) is 24.3 Å². The summed E-state index contributed by atoms with van der Waals surface area (Å²) >= 11 is 24.3. The number of fused-ring (bicyclic) bond motifs is 4. The minimum atomic E-state index is -1.96. The Balaban J connectivity index is 1.30. The van der Waals surface area contributed by atoms with E-state index in [-0.39, 0.29) is 40.9 Å². The highest BCUT2D eigenvalue weighted by atomic mass is 79.9. The fourth-order valence-electron chi connectivity index (χ4n) is 7.74. The Morgan fingerprint density at radius 2 is 1.61 bits per heavy atom. The van der Waals surface area contributed by atoms with E-state index < -0.39 is 45.2 Å². The molecule has 1 N–H and O–H groups in total. The molecule has 0 bridgehead atoms. The number of carbonyl (C=O) groups is 4. The van der Waals surface area contributed by atoms with Crippen molar-refractivity contribution in [2.24, 2.45) is 17.8 Å². The predicted molar refractivity (Wildman–Crippen MR) is 168 cm³/mol. The van der Waals surface area contributed by atoms with E-state index in [4.69, 9.17) is 39.5 Å². The number of imide groups is 2. The number of alkyl halides is 3. The summed E-state index contributed by atoms with van der Waals surface area (Å²) in [6.07, 6.45) is 1.97. The summed E-state index contributed by atoms with van der Waals surface area (Å²) in [4.78, 5) is 56.2. The summed E-state index contributed by atoms with van der Waals surface area (Å²) < 4.78 is 5.44. The van der Waals surface area contributed by atoms with Crippen LogP contribution in [0.15, 0.2) is 54.1 Å². The SMILES string of the molecule is O=C1C2CC=C3C(CC4(Cl)C(=O)N(CBr)C(=O)C4(Cl)C3c3ccc(O)cc3Cl)C2C(=O)N1c1ccc(N2CCOCC2)cc1. The number of likely N-dealkylation sites (tertiary alicyclic amines) is 1. The number of benzene rings is 2. The lowest BCUT2D eigenvalue weighted by Crippen LogP contribution is -2.60. The van der Waals surface area contributed by atoms with Gasteiger partial charge in [0.1, 0.15) is 5.75 Å². The molecule has 13 heteroatoms. The number of hydrogen-bond donors (Lipinski definition) is 1. The maximum Gasteiger partial charge on any atom is 0.254 e. The first-order valence-corrected chi connectivity index (χ1v) is 16.6. The topological polar surface area (TPSA) is 107 Å². The lowest BCUT2D eigenvalue weighted by Gasteiger charge is -2.51. The van der Waals surface area contributed by atoms with Crippen LogP contribution in [0.4, 0.5) is 11.4 Å². The van der Waals surface area contributed by atoms with Gasteiger partial charge in [0.15, 0.2) is 9.75 Å². The Morgan fingerprint density at radius 1 is 0.932 bits per heavy atom. The molecule has 9 nitrogen and oxygen atoms in total. The zero-order valence-corrected chi connectivity index (χ0v) is 27.1. The molecule has 0 aromatic heterocycles. The summed E-state index contributed by atoms with van der Waals surface area (Å²) in [7, 11) is 0. The van der Waals surface area contributed by atoms with Gasteiger partial charge in [-0.15, -0.1) is 23.2 Å². The first-order chi connectivity index (χ1) is 21.0. The molecule has 5 aliphatic rings. The van der Waals surface area contributed by atoms with Gasteiger partial charge in [0.05, 0.1) is 36.2 Å². The number of ether oxygens (including phenoxy) is 1. The number of allylic oxidation sites excluding steroid dienone is 2. The first-order valence-electron chi connectivity index (χ1n) is 14.3. The Hall–Kier alpha value is -2.63. The monoisotopic (exact) mass is 721 g/mol. The fourth-order valence-corrected chi connectivity index (χ4v) is 9.44. The highest BCUT2D eigenvalue weighted by molar-refractivity contribution is 9.09. The highest BCUT2D eigenvalue weighted by Gasteiger charge is 2.76. The first kappa shape index (κ1) is 30.0. The number of phenols is 1. The zero-order valence-electron chi connectivity index (χ0n) is 23.2. The molecule has 0 spiro atoms. The van der Waals surface area contributed by atoms with Crippen LogP contribution < -0.4 is 9.80 Å². The third-order valence-electron chi connectivity index (χ3n) is 9.79. The molecule has 1 saturated carbocycles. The van der Waals surface area contributed by atoms with Crippen molar-refractivity contribution in [3.63, 3.8) is 0 Å². The van der Waals surface area contributed by atoms with E-state index in [1.54, 1.807) is 18.2 Å². The molecule has 2 aromatic carbocycles. The summed E-state index contributed by atoms with van der Waals surface area (Å²) in [6.45, 7) is 2.77. The van der Waals surface area contributed by atoms with E-state index in [0.717, 1.165) is 23.7 Å².